The molecule has 0 spiro atoms. The van der Waals surface area contributed by atoms with Crippen molar-refractivity contribution in [3.63, 3.8) is 0 Å². The molecule has 2 aliphatic rings. The molecule has 1 fully saturated rings. The van der Waals surface area contributed by atoms with Gasteiger partial charge in [0.1, 0.15) is 6.10 Å². The van der Waals surface area contributed by atoms with Crippen LogP contribution in [0.15, 0.2) is 29.3 Å². The van der Waals surface area contributed by atoms with Gasteiger partial charge in [-0.15, -0.1) is 0 Å². The lowest BCUT2D eigenvalue weighted by Gasteiger charge is -2.26. The summed E-state index contributed by atoms with van der Waals surface area (Å²) >= 11 is 0. The van der Waals surface area contributed by atoms with Crippen LogP contribution in [0.4, 0.5) is 13.2 Å². The Labute approximate surface area is 114 Å². The van der Waals surface area contributed by atoms with E-state index in [1.54, 1.807) is 6.07 Å². The van der Waals surface area contributed by atoms with Crippen LogP contribution < -0.4 is 5.73 Å². The van der Waals surface area contributed by atoms with Crippen LogP contribution in [0.25, 0.3) is 0 Å². The van der Waals surface area contributed by atoms with E-state index in [-0.39, 0.29) is 18.2 Å². The third kappa shape index (κ3) is 2.52. The minimum Gasteiger partial charge on any atom is -0.472 e. The number of ether oxygens (including phenoxy) is 1. The zero-order chi connectivity index (χ0) is 14.3. The monoisotopic (exact) mass is 284 g/mol. The number of nitrogens with two attached hydrogens (primary N) is 1. The van der Waals surface area contributed by atoms with Gasteiger partial charge in [-0.3, -0.25) is 0 Å². The van der Waals surface area contributed by atoms with Gasteiger partial charge in [0, 0.05) is 11.6 Å². The van der Waals surface area contributed by atoms with Crippen LogP contribution in [0.3, 0.4) is 0 Å². The van der Waals surface area contributed by atoms with Gasteiger partial charge in [-0.1, -0.05) is 6.07 Å². The molecule has 108 valence electrons. The molecule has 0 saturated heterocycles. The van der Waals surface area contributed by atoms with Gasteiger partial charge in [0.2, 0.25) is 5.90 Å². The fraction of sp³-hybridized carbons (Fsp3) is 0.500. The first kappa shape index (κ1) is 13.4. The Bertz CT molecular complexity index is 541. The molecule has 2 N–H and O–H groups in total. The third-order valence-electron chi connectivity index (χ3n) is 3.78. The molecule has 0 radical (unpaired) electrons. The Kier molecular flexibility index (Phi) is 3.20. The number of hydrogen-bond acceptors (Lipinski definition) is 3. The highest BCUT2D eigenvalue weighted by molar-refractivity contribution is 5.95. The van der Waals surface area contributed by atoms with E-state index < -0.39 is 11.7 Å². The first-order valence-corrected chi connectivity index (χ1v) is 6.61. The number of nitrogens with zero attached hydrogens (tertiary/aromatic N) is 1. The quantitative estimate of drug-likeness (QED) is 0.862. The Morgan fingerprint density at radius 2 is 2.05 bits per heavy atom. The summed E-state index contributed by atoms with van der Waals surface area (Å²) in [7, 11) is 0. The Hall–Kier alpha value is -1.56. The van der Waals surface area contributed by atoms with Crippen LogP contribution in [0.2, 0.25) is 0 Å². The summed E-state index contributed by atoms with van der Waals surface area (Å²) < 4.78 is 43.8. The molecule has 1 aliphatic carbocycles. The highest BCUT2D eigenvalue weighted by Gasteiger charge is 2.37. The summed E-state index contributed by atoms with van der Waals surface area (Å²) in [5.74, 6) is 0.306. The maximum absolute atomic E-state index is 12.7. The zero-order valence-electron chi connectivity index (χ0n) is 10.7. The van der Waals surface area contributed by atoms with Crippen molar-refractivity contribution < 1.29 is 17.9 Å². The van der Waals surface area contributed by atoms with Crippen LogP contribution in [-0.2, 0) is 10.9 Å². The number of rotatable bonds is 1. The van der Waals surface area contributed by atoms with Gasteiger partial charge < -0.3 is 10.5 Å². The fourth-order valence-electron chi connectivity index (χ4n) is 2.72. The second kappa shape index (κ2) is 4.77. The molecule has 0 amide bonds. The first-order valence-electron chi connectivity index (χ1n) is 6.61. The summed E-state index contributed by atoms with van der Waals surface area (Å²) in [6.45, 7) is 0. The van der Waals surface area contributed by atoms with Crippen molar-refractivity contribution >= 4 is 5.90 Å². The summed E-state index contributed by atoms with van der Waals surface area (Å²) in [5, 5.41) is 0. The minimum absolute atomic E-state index is 0.0247. The van der Waals surface area contributed by atoms with Crippen molar-refractivity contribution in [1.29, 1.82) is 0 Å². The van der Waals surface area contributed by atoms with Crippen molar-refractivity contribution in [2.24, 2.45) is 10.7 Å². The number of benzene rings is 1. The average Bonchev–Trinajstić information content (AvgIpc) is 2.81. The van der Waals surface area contributed by atoms with Crippen LogP contribution >= 0.6 is 0 Å². The molecule has 1 heterocycles. The lowest BCUT2D eigenvalue weighted by atomic mass is 9.90. The van der Waals surface area contributed by atoms with Gasteiger partial charge in [0.15, 0.2) is 0 Å². The Morgan fingerprint density at radius 3 is 2.80 bits per heavy atom. The van der Waals surface area contributed by atoms with Gasteiger partial charge in [0.05, 0.1) is 11.6 Å². The number of fused-ring (bicyclic) bond motifs is 1. The molecule has 1 aliphatic heterocycles. The highest BCUT2D eigenvalue weighted by Crippen LogP contribution is 2.32. The summed E-state index contributed by atoms with van der Waals surface area (Å²) in [4.78, 5) is 4.40. The van der Waals surface area contributed by atoms with E-state index in [1.165, 1.54) is 6.07 Å². The van der Waals surface area contributed by atoms with E-state index in [2.05, 4.69) is 4.99 Å². The predicted octanol–water partition coefficient (Wildman–Crippen LogP) is 2.73. The number of halogens is 3. The van der Waals surface area contributed by atoms with E-state index >= 15 is 0 Å². The van der Waals surface area contributed by atoms with Crippen molar-refractivity contribution in [1.82, 2.24) is 0 Å². The van der Waals surface area contributed by atoms with Crippen LogP contribution in [0.1, 0.15) is 30.4 Å². The molecule has 3 atom stereocenters. The molecule has 3 nitrogen and oxygen atoms in total. The van der Waals surface area contributed by atoms with E-state index in [0.29, 0.717) is 11.5 Å². The van der Waals surface area contributed by atoms with Gasteiger partial charge in [-0.2, -0.15) is 13.2 Å². The first-order chi connectivity index (χ1) is 9.43. The molecule has 1 saturated carbocycles. The second-order valence-corrected chi connectivity index (χ2v) is 5.31. The summed E-state index contributed by atoms with van der Waals surface area (Å²) in [6.07, 6.45) is -2.00. The predicted molar refractivity (Wildman–Crippen MR) is 68.5 cm³/mol. The molecular weight excluding hydrogens is 269 g/mol. The van der Waals surface area contributed by atoms with E-state index in [1.807, 2.05) is 0 Å². The normalized spacial score (nSPS) is 29.6. The van der Waals surface area contributed by atoms with Crippen molar-refractivity contribution in [2.75, 3.05) is 0 Å². The number of alkyl halides is 3. The minimum atomic E-state index is -4.36. The van der Waals surface area contributed by atoms with Crippen molar-refractivity contribution in [2.45, 2.75) is 43.6 Å². The average molecular weight is 284 g/mol. The van der Waals surface area contributed by atoms with Gasteiger partial charge in [-0.25, -0.2) is 4.99 Å². The third-order valence-corrected chi connectivity index (χ3v) is 3.78. The molecule has 0 bridgehead atoms. The number of hydrogen-bond donors (Lipinski definition) is 1. The molecule has 1 aromatic carbocycles. The number of aliphatic imine (C=N–C) groups is 1. The molecule has 1 aromatic rings. The maximum Gasteiger partial charge on any atom is 0.416 e. The van der Waals surface area contributed by atoms with Gasteiger partial charge >= 0.3 is 6.18 Å². The Balaban J connectivity index is 1.85. The van der Waals surface area contributed by atoms with Gasteiger partial charge in [-0.05, 0) is 37.5 Å². The maximum atomic E-state index is 12.7. The van der Waals surface area contributed by atoms with Crippen molar-refractivity contribution in [3.05, 3.63) is 35.4 Å². The topological polar surface area (TPSA) is 47.6 Å². The molecule has 3 rings (SSSR count). The summed E-state index contributed by atoms with van der Waals surface area (Å²) in [6, 6.07) is 5.16. The molecular formula is C14H15F3N2O. The van der Waals surface area contributed by atoms with Crippen molar-refractivity contribution in [3.8, 4) is 0 Å². The molecule has 20 heavy (non-hydrogen) atoms. The van der Waals surface area contributed by atoms with E-state index in [9.17, 15) is 13.2 Å². The standard InChI is InChI=1S/C14H15F3N2O/c15-14(16,17)9-3-1-2-8(6-9)13-19-11-7-10(18)4-5-12(11)20-13/h1-3,6,10-12H,4-5,7,18H2. The molecule has 6 heteroatoms. The lowest BCUT2D eigenvalue weighted by molar-refractivity contribution is -0.137. The van der Waals surface area contributed by atoms with E-state index in [4.69, 9.17) is 10.5 Å². The van der Waals surface area contributed by atoms with Crippen LogP contribution in [-0.4, -0.2) is 24.1 Å². The van der Waals surface area contributed by atoms with E-state index in [0.717, 1.165) is 31.4 Å². The van der Waals surface area contributed by atoms with Crippen LogP contribution in [0, 0.1) is 0 Å². The van der Waals surface area contributed by atoms with Crippen LogP contribution in [0.5, 0.6) is 0 Å². The second-order valence-electron chi connectivity index (χ2n) is 5.31. The molecule has 3 unspecified atom stereocenters. The largest absolute Gasteiger partial charge is 0.472 e. The summed E-state index contributed by atoms with van der Waals surface area (Å²) in [5.41, 5.74) is 5.57. The SMILES string of the molecule is NC1CCC2OC(c3cccc(C(F)(F)F)c3)=NC2C1. The lowest BCUT2D eigenvalue weighted by Crippen LogP contribution is -2.37. The smallest absolute Gasteiger partial charge is 0.416 e. The Morgan fingerprint density at radius 1 is 1.25 bits per heavy atom. The molecule has 0 aromatic heterocycles. The zero-order valence-corrected chi connectivity index (χ0v) is 10.7. The highest BCUT2D eigenvalue weighted by atomic mass is 19.4. The fourth-order valence-corrected chi connectivity index (χ4v) is 2.72. The van der Waals surface area contributed by atoms with Gasteiger partial charge in [0.25, 0.3) is 0 Å².